The molecule has 1 aromatic carbocycles. The molecule has 3 rings (SSSR count). The average molecular weight is 501 g/mol. The van der Waals surface area contributed by atoms with Gasteiger partial charge in [0.2, 0.25) is 0 Å². The Hall–Kier alpha value is -1.29. The molecule has 1 saturated heterocycles. The molecule has 0 amide bonds. The van der Waals surface area contributed by atoms with Crippen LogP contribution >= 0.6 is 35.7 Å². The first kappa shape index (κ1) is 22.0. The first-order chi connectivity index (χ1) is 12.8. The third kappa shape index (κ3) is 6.67. The Kier molecular flexibility index (Phi) is 9.40. The molecule has 0 aliphatic carbocycles. The Morgan fingerprint density at radius 2 is 2.26 bits per heavy atom. The molecule has 1 aliphatic heterocycles. The third-order valence-corrected chi connectivity index (χ3v) is 5.72. The highest BCUT2D eigenvalue weighted by Crippen LogP contribution is 2.25. The molecule has 0 radical (unpaired) electrons. The highest BCUT2D eigenvalue weighted by atomic mass is 127. The summed E-state index contributed by atoms with van der Waals surface area (Å²) >= 11 is 2.05. The zero-order chi connectivity index (χ0) is 18.2. The van der Waals surface area contributed by atoms with Crippen LogP contribution in [0, 0.1) is 0 Å². The number of aliphatic imine (C=N–C) groups is 1. The van der Waals surface area contributed by atoms with Crippen molar-refractivity contribution in [2.45, 2.75) is 44.4 Å². The molecule has 148 valence electrons. The molecular formula is C19H28IN5OS. The van der Waals surface area contributed by atoms with Gasteiger partial charge < -0.3 is 15.2 Å². The summed E-state index contributed by atoms with van der Waals surface area (Å²) in [5, 5.41) is 11.5. The van der Waals surface area contributed by atoms with Crippen LogP contribution in [0.2, 0.25) is 0 Å². The monoisotopic (exact) mass is 501 g/mol. The molecule has 1 aliphatic rings. The number of rotatable bonds is 7. The van der Waals surface area contributed by atoms with Gasteiger partial charge in [0, 0.05) is 37.4 Å². The maximum Gasteiger partial charge on any atom is 0.257 e. The van der Waals surface area contributed by atoms with E-state index >= 15 is 0 Å². The van der Waals surface area contributed by atoms with Gasteiger partial charge in [-0.15, -0.1) is 24.0 Å². The predicted octanol–water partition coefficient (Wildman–Crippen LogP) is 3.87. The number of aryl methyl sites for hydroxylation is 1. The normalized spacial score (nSPS) is 16.8. The number of guanidine groups is 1. The summed E-state index contributed by atoms with van der Waals surface area (Å²) in [6, 6.07) is 8.18. The molecule has 27 heavy (non-hydrogen) atoms. The molecule has 2 heterocycles. The second-order valence-electron chi connectivity index (χ2n) is 6.41. The molecule has 0 bridgehead atoms. The molecule has 6 nitrogen and oxygen atoms in total. The number of hydrogen-bond acceptors (Lipinski definition) is 5. The Balaban J connectivity index is 0.00000261. The second-order valence-corrected chi connectivity index (χ2v) is 7.82. The number of nitrogens with zero attached hydrogens (tertiary/aromatic N) is 3. The first-order valence-electron chi connectivity index (χ1n) is 9.26. The van der Waals surface area contributed by atoms with Crippen molar-refractivity contribution in [3.63, 3.8) is 0 Å². The number of aromatic nitrogens is 2. The fourth-order valence-corrected chi connectivity index (χ4v) is 4.13. The summed E-state index contributed by atoms with van der Waals surface area (Å²) in [7, 11) is 1.81. The number of thioether (sulfide) groups is 1. The minimum absolute atomic E-state index is 0. The lowest BCUT2D eigenvalue weighted by molar-refractivity contribution is 0.422. The lowest BCUT2D eigenvalue weighted by atomic mass is 10.1. The van der Waals surface area contributed by atoms with Crippen molar-refractivity contribution >= 4 is 41.7 Å². The quantitative estimate of drug-likeness (QED) is 0.341. The van der Waals surface area contributed by atoms with E-state index in [2.05, 4.69) is 44.8 Å². The van der Waals surface area contributed by atoms with Gasteiger partial charge in [0.25, 0.3) is 5.89 Å². The fourth-order valence-electron chi connectivity index (χ4n) is 2.93. The topological polar surface area (TPSA) is 75.3 Å². The van der Waals surface area contributed by atoms with E-state index in [0.29, 0.717) is 17.7 Å². The van der Waals surface area contributed by atoms with Crippen molar-refractivity contribution in [3.05, 3.63) is 35.7 Å². The smallest absolute Gasteiger partial charge is 0.257 e. The molecule has 2 aromatic rings. The summed E-state index contributed by atoms with van der Waals surface area (Å²) in [5.41, 5.74) is 2.10. The van der Waals surface area contributed by atoms with E-state index in [0.717, 1.165) is 42.3 Å². The maximum atomic E-state index is 5.38. The first-order valence-corrected chi connectivity index (χ1v) is 10.3. The van der Waals surface area contributed by atoms with Gasteiger partial charge in [-0.2, -0.15) is 16.7 Å². The summed E-state index contributed by atoms with van der Waals surface area (Å²) in [5.74, 6) is 3.46. The zero-order valence-electron chi connectivity index (χ0n) is 15.9. The van der Waals surface area contributed by atoms with Crippen molar-refractivity contribution in [1.82, 2.24) is 20.8 Å². The molecule has 0 saturated carbocycles. The Morgan fingerprint density at radius 3 is 3.00 bits per heavy atom. The van der Waals surface area contributed by atoms with Crippen LogP contribution in [-0.4, -0.2) is 40.7 Å². The van der Waals surface area contributed by atoms with Gasteiger partial charge in [-0.25, -0.2) is 0 Å². The van der Waals surface area contributed by atoms with Crippen LogP contribution < -0.4 is 10.6 Å². The largest absolute Gasteiger partial charge is 0.355 e. The van der Waals surface area contributed by atoms with Gasteiger partial charge in [0.1, 0.15) is 0 Å². The zero-order valence-corrected chi connectivity index (χ0v) is 19.0. The van der Waals surface area contributed by atoms with Crippen LogP contribution in [0.25, 0.3) is 11.5 Å². The van der Waals surface area contributed by atoms with Gasteiger partial charge >= 0.3 is 0 Å². The van der Waals surface area contributed by atoms with Crippen LogP contribution in [0.15, 0.2) is 33.8 Å². The minimum atomic E-state index is 0. The molecule has 1 aromatic heterocycles. The van der Waals surface area contributed by atoms with Gasteiger partial charge in [-0.1, -0.05) is 24.2 Å². The highest BCUT2D eigenvalue weighted by molar-refractivity contribution is 14.0. The number of halogens is 1. The van der Waals surface area contributed by atoms with E-state index in [4.69, 9.17) is 4.52 Å². The summed E-state index contributed by atoms with van der Waals surface area (Å²) in [6.07, 6.45) is 4.47. The molecule has 2 N–H and O–H groups in total. The molecule has 0 spiro atoms. The number of benzene rings is 1. The number of nitrogens with one attached hydrogen (secondary N) is 2. The Bertz CT molecular complexity index is 730. The van der Waals surface area contributed by atoms with Crippen molar-refractivity contribution < 1.29 is 4.52 Å². The van der Waals surface area contributed by atoms with Crippen LogP contribution in [0.1, 0.15) is 37.6 Å². The molecule has 1 fully saturated rings. The van der Waals surface area contributed by atoms with E-state index in [1.807, 2.05) is 23.9 Å². The third-order valence-electron chi connectivity index (χ3n) is 4.32. The van der Waals surface area contributed by atoms with Crippen LogP contribution in [0.4, 0.5) is 0 Å². The van der Waals surface area contributed by atoms with Crippen molar-refractivity contribution in [3.8, 4) is 11.5 Å². The summed E-state index contributed by atoms with van der Waals surface area (Å²) in [4.78, 5) is 8.77. The Morgan fingerprint density at radius 1 is 1.37 bits per heavy atom. The van der Waals surface area contributed by atoms with Crippen LogP contribution in [-0.2, 0) is 13.0 Å². The van der Waals surface area contributed by atoms with E-state index in [-0.39, 0.29) is 24.0 Å². The van der Waals surface area contributed by atoms with E-state index in [1.165, 1.54) is 18.6 Å². The standard InChI is InChI=1S/C19H27N5OS.HI/c1-3-6-17-23-18(25-24-17)15-8-4-7-14(11-15)12-21-19(20-2)22-13-16-9-5-10-26-16;/h4,7-8,11,16H,3,5-6,9-10,12-13H2,1-2H3,(H2,20,21,22);1H. The van der Waals surface area contributed by atoms with Crippen molar-refractivity contribution in [2.75, 3.05) is 19.3 Å². The van der Waals surface area contributed by atoms with E-state index in [9.17, 15) is 0 Å². The lowest BCUT2D eigenvalue weighted by Gasteiger charge is -2.15. The molecule has 1 unspecified atom stereocenters. The van der Waals surface area contributed by atoms with Gasteiger partial charge in [-0.3, -0.25) is 4.99 Å². The Labute approximate surface area is 182 Å². The van der Waals surface area contributed by atoms with Crippen LogP contribution in [0.5, 0.6) is 0 Å². The van der Waals surface area contributed by atoms with E-state index < -0.39 is 0 Å². The maximum absolute atomic E-state index is 5.38. The second kappa shape index (κ2) is 11.5. The average Bonchev–Trinajstić information content (AvgIpc) is 3.34. The van der Waals surface area contributed by atoms with Gasteiger partial charge in [0.15, 0.2) is 11.8 Å². The predicted molar refractivity (Wildman–Crippen MR) is 123 cm³/mol. The van der Waals surface area contributed by atoms with Crippen molar-refractivity contribution in [2.24, 2.45) is 4.99 Å². The van der Waals surface area contributed by atoms with Gasteiger partial charge in [0.05, 0.1) is 0 Å². The van der Waals surface area contributed by atoms with Gasteiger partial charge in [-0.05, 0) is 42.7 Å². The molecular weight excluding hydrogens is 473 g/mol. The fraction of sp³-hybridized carbons (Fsp3) is 0.526. The highest BCUT2D eigenvalue weighted by Gasteiger charge is 2.15. The summed E-state index contributed by atoms with van der Waals surface area (Å²) in [6.45, 7) is 3.77. The number of hydrogen-bond donors (Lipinski definition) is 2. The summed E-state index contributed by atoms with van der Waals surface area (Å²) < 4.78 is 5.38. The van der Waals surface area contributed by atoms with Crippen LogP contribution in [0.3, 0.4) is 0 Å². The minimum Gasteiger partial charge on any atom is -0.355 e. The van der Waals surface area contributed by atoms with E-state index in [1.54, 1.807) is 7.05 Å². The van der Waals surface area contributed by atoms with Crippen molar-refractivity contribution in [1.29, 1.82) is 0 Å². The molecule has 8 heteroatoms. The lowest BCUT2D eigenvalue weighted by Crippen LogP contribution is -2.39. The molecule has 1 atom stereocenters. The SMILES string of the molecule is CCCc1noc(-c2cccc(CNC(=NC)NCC3CCCS3)c2)n1.I.